The molecule has 18 heavy (non-hydrogen) atoms. The molecular formula is C14H12BrFO2. The number of phenols is 1. The molecule has 0 aliphatic heterocycles. The van der Waals surface area contributed by atoms with Crippen molar-refractivity contribution in [2.24, 2.45) is 0 Å². The van der Waals surface area contributed by atoms with Crippen molar-refractivity contribution in [1.29, 1.82) is 0 Å². The number of ether oxygens (including phenoxy) is 1. The molecule has 0 bridgehead atoms. The first-order valence-corrected chi connectivity index (χ1v) is 6.22. The molecule has 0 spiro atoms. The molecule has 2 aromatic rings. The molecule has 4 heteroatoms. The Morgan fingerprint density at radius 2 is 2.06 bits per heavy atom. The van der Waals surface area contributed by atoms with Crippen LogP contribution in [0.2, 0.25) is 0 Å². The van der Waals surface area contributed by atoms with Crippen LogP contribution in [-0.4, -0.2) is 5.11 Å². The number of halogens is 2. The largest absolute Gasteiger partial charge is 0.508 e. The Bertz CT molecular complexity index is 549. The van der Waals surface area contributed by atoms with Crippen LogP contribution in [0.5, 0.6) is 11.5 Å². The number of phenolic OH excluding ortho intramolecular Hbond substituents is 1. The van der Waals surface area contributed by atoms with Crippen molar-refractivity contribution in [3.63, 3.8) is 0 Å². The minimum Gasteiger partial charge on any atom is -0.508 e. The maximum Gasteiger partial charge on any atom is 0.126 e. The standard InChI is InChI=1S/C14H12BrFO2/c1-9-13(17)3-2-4-14(9)18-8-10-5-11(15)7-12(16)6-10/h2-7,17H,8H2,1H3. The van der Waals surface area contributed by atoms with E-state index in [9.17, 15) is 9.50 Å². The summed E-state index contributed by atoms with van der Waals surface area (Å²) in [7, 11) is 0. The highest BCUT2D eigenvalue weighted by Crippen LogP contribution is 2.27. The molecule has 0 aliphatic carbocycles. The smallest absolute Gasteiger partial charge is 0.126 e. The van der Waals surface area contributed by atoms with Gasteiger partial charge in [0.05, 0.1) is 0 Å². The number of benzene rings is 2. The number of rotatable bonds is 3. The van der Waals surface area contributed by atoms with E-state index in [0.717, 1.165) is 5.56 Å². The number of hydrogen-bond donors (Lipinski definition) is 1. The van der Waals surface area contributed by atoms with E-state index < -0.39 is 0 Å². The Morgan fingerprint density at radius 3 is 2.78 bits per heavy atom. The summed E-state index contributed by atoms with van der Waals surface area (Å²) in [5, 5.41) is 9.54. The monoisotopic (exact) mass is 310 g/mol. The van der Waals surface area contributed by atoms with Gasteiger partial charge >= 0.3 is 0 Å². The molecule has 0 saturated carbocycles. The Balaban J connectivity index is 2.14. The van der Waals surface area contributed by atoms with E-state index in [1.54, 1.807) is 31.2 Å². The van der Waals surface area contributed by atoms with Gasteiger partial charge in [-0.15, -0.1) is 0 Å². The van der Waals surface area contributed by atoms with Crippen LogP contribution in [0.25, 0.3) is 0 Å². The van der Waals surface area contributed by atoms with E-state index in [1.165, 1.54) is 12.1 Å². The molecule has 1 N–H and O–H groups in total. The Kier molecular flexibility index (Phi) is 3.87. The molecule has 2 aromatic carbocycles. The van der Waals surface area contributed by atoms with Crippen LogP contribution in [0.3, 0.4) is 0 Å². The summed E-state index contributed by atoms with van der Waals surface area (Å²) in [4.78, 5) is 0. The first kappa shape index (κ1) is 12.9. The predicted octanol–water partition coefficient (Wildman–Crippen LogP) is 4.18. The van der Waals surface area contributed by atoms with Crippen molar-refractivity contribution < 1.29 is 14.2 Å². The van der Waals surface area contributed by atoms with E-state index in [-0.39, 0.29) is 18.2 Å². The van der Waals surface area contributed by atoms with Gasteiger partial charge in [-0.1, -0.05) is 22.0 Å². The normalized spacial score (nSPS) is 10.4. The van der Waals surface area contributed by atoms with Gasteiger partial charge in [-0.05, 0) is 42.8 Å². The second-order valence-corrected chi connectivity index (χ2v) is 4.88. The summed E-state index contributed by atoms with van der Waals surface area (Å²) >= 11 is 3.23. The average Bonchev–Trinajstić information content (AvgIpc) is 2.30. The Labute approximate surface area is 113 Å². The highest BCUT2D eigenvalue weighted by Gasteiger charge is 2.05. The van der Waals surface area contributed by atoms with Gasteiger partial charge in [-0.25, -0.2) is 4.39 Å². The van der Waals surface area contributed by atoms with Crippen LogP contribution in [0.4, 0.5) is 4.39 Å². The van der Waals surface area contributed by atoms with Crippen molar-refractivity contribution in [2.45, 2.75) is 13.5 Å². The summed E-state index contributed by atoms with van der Waals surface area (Å²) in [6.07, 6.45) is 0. The lowest BCUT2D eigenvalue weighted by molar-refractivity contribution is 0.301. The average molecular weight is 311 g/mol. The Hall–Kier alpha value is -1.55. The van der Waals surface area contributed by atoms with E-state index in [4.69, 9.17) is 4.74 Å². The summed E-state index contributed by atoms with van der Waals surface area (Å²) in [6, 6.07) is 9.68. The second-order valence-electron chi connectivity index (χ2n) is 3.97. The zero-order valence-corrected chi connectivity index (χ0v) is 11.4. The van der Waals surface area contributed by atoms with Gasteiger partial charge < -0.3 is 9.84 Å². The van der Waals surface area contributed by atoms with Crippen LogP contribution in [-0.2, 0) is 6.61 Å². The molecule has 2 nitrogen and oxygen atoms in total. The SMILES string of the molecule is Cc1c(O)cccc1OCc1cc(F)cc(Br)c1. The molecule has 2 rings (SSSR count). The zero-order valence-electron chi connectivity index (χ0n) is 9.78. The minimum absolute atomic E-state index is 0.188. The fourth-order valence-corrected chi connectivity index (χ4v) is 2.13. The van der Waals surface area contributed by atoms with Crippen molar-refractivity contribution in [1.82, 2.24) is 0 Å². The maximum atomic E-state index is 13.2. The lowest BCUT2D eigenvalue weighted by Gasteiger charge is -2.10. The van der Waals surface area contributed by atoms with Crippen molar-refractivity contribution in [3.8, 4) is 11.5 Å². The summed E-state index contributed by atoms with van der Waals surface area (Å²) in [5.41, 5.74) is 1.40. The third kappa shape index (κ3) is 3.01. The van der Waals surface area contributed by atoms with Gasteiger partial charge in [-0.2, -0.15) is 0 Å². The molecule has 0 heterocycles. The first-order valence-electron chi connectivity index (χ1n) is 5.42. The third-order valence-corrected chi connectivity index (χ3v) is 3.03. The molecule has 94 valence electrons. The number of hydrogen-bond acceptors (Lipinski definition) is 2. The molecule has 0 fully saturated rings. The highest BCUT2D eigenvalue weighted by atomic mass is 79.9. The van der Waals surface area contributed by atoms with E-state index >= 15 is 0 Å². The van der Waals surface area contributed by atoms with Crippen molar-refractivity contribution in [2.75, 3.05) is 0 Å². The number of aromatic hydroxyl groups is 1. The fraction of sp³-hybridized carbons (Fsp3) is 0.143. The molecular weight excluding hydrogens is 299 g/mol. The van der Waals surface area contributed by atoms with Crippen LogP contribution in [0.1, 0.15) is 11.1 Å². The van der Waals surface area contributed by atoms with Gasteiger partial charge in [0.2, 0.25) is 0 Å². The molecule has 0 atom stereocenters. The minimum atomic E-state index is -0.310. The fourth-order valence-electron chi connectivity index (χ4n) is 1.61. The van der Waals surface area contributed by atoms with Crippen LogP contribution >= 0.6 is 15.9 Å². The zero-order chi connectivity index (χ0) is 13.1. The summed E-state index contributed by atoms with van der Waals surface area (Å²) < 4.78 is 19.4. The van der Waals surface area contributed by atoms with Gasteiger partial charge in [-0.3, -0.25) is 0 Å². The van der Waals surface area contributed by atoms with Crippen molar-refractivity contribution >= 4 is 15.9 Å². The lowest BCUT2D eigenvalue weighted by atomic mass is 10.2. The predicted molar refractivity (Wildman–Crippen MR) is 71.3 cm³/mol. The molecule has 0 amide bonds. The molecule has 0 saturated heterocycles. The second kappa shape index (κ2) is 5.40. The summed E-state index contributed by atoms with van der Waals surface area (Å²) in [5.74, 6) is 0.471. The third-order valence-electron chi connectivity index (χ3n) is 2.57. The molecule has 0 aromatic heterocycles. The topological polar surface area (TPSA) is 29.5 Å². The van der Waals surface area contributed by atoms with Gasteiger partial charge in [0.1, 0.15) is 23.9 Å². The quantitative estimate of drug-likeness (QED) is 0.921. The summed E-state index contributed by atoms with van der Waals surface area (Å²) in [6.45, 7) is 2.02. The molecule has 0 radical (unpaired) electrons. The van der Waals surface area contributed by atoms with Crippen LogP contribution < -0.4 is 4.74 Å². The van der Waals surface area contributed by atoms with Crippen LogP contribution in [0.15, 0.2) is 40.9 Å². The van der Waals surface area contributed by atoms with Gasteiger partial charge in [0, 0.05) is 10.0 Å². The van der Waals surface area contributed by atoms with E-state index in [1.807, 2.05) is 0 Å². The lowest BCUT2D eigenvalue weighted by Crippen LogP contribution is -1.97. The molecule has 0 unspecified atom stereocenters. The van der Waals surface area contributed by atoms with E-state index in [0.29, 0.717) is 15.8 Å². The van der Waals surface area contributed by atoms with E-state index in [2.05, 4.69) is 15.9 Å². The molecule has 0 aliphatic rings. The van der Waals surface area contributed by atoms with Crippen LogP contribution in [0, 0.1) is 12.7 Å². The highest BCUT2D eigenvalue weighted by molar-refractivity contribution is 9.10. The Morgan fingerprint density at radius 1 is 1.28 bits per heavy atom. The maximum absolute atomic E-state index is 13.2. The van der Waals surface area contributed by atoms with Gasteiger partial charge in [0.15, 0.2) is 0 Å². The van der Waals surface area contributed by atoms with Crippen molar-refractivity contribution in [3.05, 3.63) is 57.8 Å². The van der Waals surface area contributed by atoms with Gasteiger partial charge in [0.25, 0.3) is 0 Å². The first-order chi connectivity index (χ1) is 8.56.